The van der Waals surface area contributed by atoms with Gasteiger partial charge in [-0.1, -0.05) is 18.2 Å². The molecule has 2 aromatic heterocycles. The second kappa shape index (κ2) is 5.40. The minimum atomic E-state index is -0.562. The quantitative estimate of drug-likeness (QED) is 0.785. The highest BCUT2D eigenvalue weighted by Crippen LogP contribution is 2.13. The first-order valence-electron chi connectivity index (χ1n) is 6.69. The Kier molecular flexibility index (Phi) is 3.42. The lowest BCUT2D eigenvalue weighted by atomic mass is 10.1. The van der Waals surface area contributed by atoms with Crippen LogP contribution in [-0.4, -0.2) is 15.9 Å². The van der Waals surface area contributed by atoms with Crippen molar-refractivity contribution in [3.8, 4) is 0 Å². The predicted molar refractivity (Wildman–Crippen MR) is 81.9 cm³/mol. The van der Waals surface area contributed by atoms with E-state index in [1.807, 2.05) is 0 Å². The molecule has 3 aromatic rings. The lowest BCUT2D eigenvalue weighted by Crippen LogP contribution is -2.17. The van der Waals surface area contributed by atoms with E-state index in [1.165, 1.54) is 6.07 Å². The van der Waals surface area contributed by atoms with E-state index in [0.717, 1.165) is 11.4 Å². The number of hydrogen-bond acceptors (Lipinski definition) is 5. The topological polar surface area (TPSA) is 85.1 Å². The summed E-state index contributed by atoms with van der Waals surface area (Å²) in [7, 11) is 0. The van der Waals surface area contributed by atoms with Crippen molar-refractivity contribution in [3.05, 3.63) is 64.0 Å². The van der Waals surface area contributed by atoms with Gasteiger partial charge in [-0.2, -0.15) is 0 Å². The molecule has 22 heavy (non-hydrogen) atoms. The molecule has 0 spiro atoms. The van der Waals surface area contributed by atoms with Crippen LogP contribution in [0.15, 0.2) is 45.6 Å². The van der Waals surface area contributed by atoms with Crippen molar-refractivity contribution in [2.75, 3.05) is 5.32 Å². The molecule has 0 unspecified atom stereocenters. The van der Waals surface area contributed by atoms with Gasteiger partial charge in [0.1, 0.15) is 0 Å². The highest BCUT2D eigenvalue weighted by molar-refractivity contribution is 6.03. The fourth-order valence-corrected chi connectivity index (χ4v) is 2.19. The van der Waals surface area contributed by atoms with Crippen molar-refractivity contribution in [1.29, 1.82) is 0 Å². The molecule has 0 aliphatic rings. The number of carbonyl (C=O) groups excluding carboxylic acids is 1. The molecule has 6 nitrogen and oxygen atoms in total. The van der Waals surface area contributed by atoms with E-state index in [1.54, 1.807) is 44.2 Å². The van der Waals surface area contributed by atoms with Crippen molar-refractivity contribution >= 4 is 22.6 Å². The smallest absolute Gasteiger partial charge is 0.344 e. The molecule has 2 heterocycles. The molecule has 0 saturated carbocycles. The zero-order valence-electron chi connectivity index (χ0n) is 12.1. The molecule has 1 aromatic carbocycles. The number of nitrogens with zero attached hydrogens (tertiary/aromatic N) is 2. The summed E-state index contributed by atoms with van der Waals surface area (Å²) in [5.74, 6) is -0.461. The van der Waals surface area contributed by atoms with Crippen molar-refractivity contribution in [3.63, 3.8) is 0 Å². The fourth-order valence-electron chi connectivity index (χ4n) is 2.19. The monoisotopic (exact) mass is 295 g/mol. The van der Waals surface area contributed by atoms with E-state index in [-0.39, 0.29) is 11.7 Å². The van der Waals surface area contributed by atoms with Gasteiger partial charge in [-0.25, -0.2) is 14.8 Å². The first-order chi connectivity index (χ1) is 10.5. The van der Waals surface area contributed by atoms with Gasteiger partial charge in [0.05, 0.1) is 5.39 Å². The minimum Gasteiger partial charge on any atom is -0.417 e. The first-order valence-corrected chi connectivity index (χ1v) is 6.69. The SMILES string of the molecule is Cc1cc(C)nc(NC(=O)c2cc3ccccc3c(=O)o2)n1. The Labute approximate surface area is 125 Å². The maximum absolute atomic E-state index is 12.2. The van der Waals surface area contributed by atoms with Crippen LogP contribution in [0.2, 0.25) is 0 Å². The number of benzene rings is 1. The number of nitrogens with one attached hydrogen (secondary N) is 1. The Morgan fingerprint density at radius 1 is 1.09 bits per heavy atom. The highest BCUT2D eigenvalue weighted by atomic mass is 16.4. The Bertz CT molecular complexity index is 911. The summed E-state index contributed by atoms with van der Waals surface area (Å²) in [5, 5.41) is 3.61. The second-order valence-corrected chi connectivity index (χ2v) is 4.91. The van der Waals surface area contributed by atoms with Crippen molar-refractivity contribution < 1.29 is 9.21 Å². The first kappa shape index (κ1) is 13.9. The number of amides is 1. The van der Waals surface area contributed by atoms with E-state index in [9.17, 15) is 9.59 Å². The van der Waals surface area contributed by atoms with Gasteiger partial charge in [-0.05, 0) is 37.4 Å². The minimum absolute atomic E-state index is 0.0774. The molecule has 1 N–H and O–H groups in total. The third-order valence-corrected chi connectivity index (χ3v) is 3.10. The summed E-state index contributed by atoms with van der Waals surface area (Å²) in [6.07, 6.45) is 0. The third-order valence-electron chi connectivity index (χ3n) is 3.10. The van der Waals surface area contributed by atoms with E-state index in [0.29, 0.717) is 10.8 Å². The molecular formula is C16H13N3O3. The van der Waals surface area contributed by atoms with Crippen LogP contribution < -0.4 is 10.9 Å². The number of rotatable bonds is 2. The molecule has 0 fully saturated rings. The maximum Gasteiger partial charge on any atom is 0.344 e. The summed E-state index contributed by atoms with van der Waals surface area (Å²) in [6.45, 7) is 3.61. The van der Waals surface area contributed by atoms with E-state index >= 15 is 0 Å². The number of fused-ring (bicyclic) bond motifs is 1. The lowest BCUT2D eigenvalue weighted by Gasteiger charge is -2.05. The molecule has 0 atom stereocenters. The third kappa shape index (κ3) is 2.71. The van der Waals surface area contributed by atoms with Crippen molar-refractivity contribution in [2.45, 2.75) is 13.8 Å². The average Bonchev–Trinajstić information content (AvgIpc) is 2.46. The zero-order valence-corrected chi connectivity index (χ0v) is 12.1. The highest BCUT2D eigenvalue weighted by Gasteiger charge is 2.13. The van der Waals surface area contributed by atoms with Crippen LogP contribution in [0, 0.1) is 13.8 Å². The Morgan fingerprint density at radius 3 is 2.50 bits per heavy atom. The fraction of sp³-hybridized carbons (Fsp3) is 0.125. The Balaban J connectivity index is 1.97. The van der Waals surface area contributed by atoms with Gasteiger partial charge >= 0.3 is 5.63 Å². The molecule has 0 bridgehead atoms. The van der Waals surface area contributed by atoms with Gasteiger partial charge in [0.2, 0.25) is 5.95 Å². The van der Waals surface area contributed by atoms with E-state index in [4.69, 9.17) is 4.42 Å². The van der Waals surface area contributed by atoms with Gasteiger partial charge in [-0.3, -0.25) is 10.1 Å². The van der Waals surface area contributed by atoms with E-state index < -0.39 is 11.5 Å². The van der Waals surface area contributed by atoms with Crippen LogP contribution in [0.1, 0.15) is 21.9 Å². The van der Waals surface area contributed by atoms with Crippen LogP contribution >= 0.6 is 0 Å². The Morgan fingerprint density at radius 2 is 1.77 bits per heavy atom. The summed E-state index contributed by atoms with van der Waals surface area (Å²) < 4.78 is 5.06. The van der Waals surface area contributed by atoms with Gasteiger partial charge in [-0.15, -0.1) is 0 Å². The number of hydrogen-bond donors (Lipinski definition) is 1. The molecule has 3 rings (SSSR count). The van der Waals surface area contributed by atoms with Crippen LogP contribution in [0.25, 0.3) is 10.8 Å². The van der Waals surface area contributed by atoms with Crippen molar-refractivity contribution in [1.82, 2.24) is 9.97 Å². The van der Waals surface area contributed by atoms with Crippen molar-refractivity contribution in [2.24, 2.45) is 0 Å². The molecular weight excluding hydrogens is 282 g/mol. The normalized spacial score (nSPS) is 10.6. The predicted octanol–water partition coefficient (Wildman–Crippen LogP) is 2.45. The molecule has 110 valence electrons. The maximum atomic E-state index is 12.2. The Hall–Kier alpha value is -3.02. The summed E-state index contributed by atoms with van der Waals surface area (Å²) >= 11 is 0. The van der Waals surface area contributed by atoms with Gasteiger partial charge in [0.15, 0.2) is 5.76 Å². The molecule has 6 heteroatoms. The zero-order chi connectivity index (χ0) is 15.7. The van der Waals surface area contributed by atoms with Crippen LogP contribution in [-0.2, 0) is 0 Å². The van der Waals surface area contributed by atoms with Crippen LogP contribution in [0.3, 0.4) is 0 Å². The average molecular weight is 295 g/mol. The number of aryl methyl sites for hydroxylation is 2. The summed E-state index contributed by atoms with van der Waals surface area (Å²) in [4.78, 5) is 32.3. The largest absolute Gasteiger partial charge is 0.417 e. The molecule has 0 saturated heterocycles. The molecule has 0 radical (unpaired) electrons. The summed E-state index contributed by atoms with van der Waals surface area (Å²) in [5.41, 5.74) is 0.926. The molecule has 0 aliphatic heterocycles. The van der Waals surface area contributed by atoms with Crippen LogP contribution in [0.4, 0.5) is 5.95 Å². The second-order valence-electron chi connectivity index (χ2n) is 4.91. The number of aromatic nitrogens is 2. The molecule has 0 aliphatic carbocycles. The van der Waals surface area contributed by atoms with Gasteiger partial charge < -0.3 is 4.42 Å². The van der Waals surface area contributed by atoms with Gasteiger partial charge in [0.25, 0.3) is 5.91 Å². The van der Waals surface area contributed by atoms with E-state index in [2.05, 4.69) is 15.3 Å². The summed E-state index contributed by atoms with van der Waals surface area (Å²) in [6, 6.07) is 10.2. The molecule has 1 amide bonds. The number of carbonyl (C=O) groups is 1. The van der Waals surface area contributed by atoms with Gasteiger partial charge in [0, 0.05) is 11.4 Å². The lowest BCUT2D eigenvalue weighted by molar-refractivity contribution is 0.0992. The number of anilines is 1. The standard InChI is InChI=1S/C16H13N3O3/c1-9-7-10(2)18-16(17-9)19-14(20)13-8-11-5-3-4-6-12(11)15(21)22-13/h3-8H,1-2H3,(H,17,18,19,20). The van der Waals surface area contributed by atoms with Crippen LogP contribution in [0.5, 0.6) is 0 Å².